The molecule has 0 spiro atoms. The van der Waals surface area contributed by atoms with E-state index in [9.17, 15) is 4.79 Å². The summed E-state index contributed by atoms with van der Waals surface area (Å²) in [7, 11) is 0. The van der Waals surface area contributed by atoms with Gasteiger partial charge in [0.25, 0.3) is 0 Å². The van der Waals surface area contributed by atoms with Crippen LogP contribution in [0.25, 0.3) is 10.2 Å². The molecule has 0 bridgehead atoms. The molecule has 15 heavy (non-hydrogen) atoms. The van der Waals surface area contributed by atoms with Gasteiger partial charge in [0.15, 0.2) is 5.78 Å². The third kappa shape index (κ3) is 2.02. The Morgan fingerprint density at radius 1 is 1.60 bits per heavy atom. The van der Waals surface area contributed by atoms with E-state index in [-0.39, 0.29) is 5.78 Å². The van der Waals surface area contributed by atoms with Crippen LogP contribution in [-0.4, -0.2) is 16.8 Å². The van der Waals surface area contributed by atoms with Gasteiger partial charge >= 0.3 is 0 Å². The quantitative estimate of drug-likeness (QED) is 0.648. The van der Waals surface area contributed by atoms with Gasteiger partial charge < -0.3 is 5.73 Å². The molecule has 0 amide bonds. The van der Waals surface area contributed by atoms with Crippen molar-refractivity contribution in [3.63, 3.8) is 0 Å². The summed E-state index contributed by atoms with van der Waals surface area (Å²) in [5, 5.41) is 0.431. The predicted molar refractivity (Wildman–Crippen MR) is 62.6 cm³/mol. The summed E-state index contributed by atoms with van der Waals surface area (Å²) in [6, 6.07) is 4.82. The molecule has 2 aromatic rings. The van der Waals surface area contributed by atoms with E-state index in [1.165, 1.54) is 11.3 Å². The summed E-state index contributed by atoms with van der Waals surface area (Å²) >= 11 is 7.15. The van der Waals surface area contributed by atoms with Crippen molar-refractivity contribution in [3.05, 3.63) is 28.2 Å². The van der Waals surface area contributed by atoms with E-state index in [4.69, 9.17) is 17.3 Å². The maximum Gasteiger partial charge on any atom is 0.189 e. The molecule has 0 saturated heterocycles. The SMILES string of the molecule is CC(N)C(=O)c1cc2nc(Cl)ccc2s1. The molecule has 0 aliphatic carbocycles. The normalized spacial score (nSPS) is 13.0. The fourth-order valence-corrected chi connectivity index (χ4v) is 2.44. The highest BCUT2D eigenvalue weighted by atomic mass is 35.5. The summed E-state index contributed by atoms with van der Waals surface area (Å²) in [6.45, 7) is 1.67. The minimum absolute atomic E-state index is 0.0610. The number of fused-ring (bicyclic) bond motifs is 1. The van der Waals surface area contributed by atoms with Crippen LogP contribution in [0.5, 0.6) is 0 Å². The van der Waals surface area contributed by atoms with Crippen LogP contribution < -0.4 is 5.73 Å². The number of ketones is 1. The van der Waals surface area contributed by atoms with Crippen molar-refractivity contribution in [1.82, 2.24) is 4.98 Å². The lowest BCUT2D eigenvalue weighted by Gasteiger charge is -1.98. The van der Waals surface area contributed by atoms with Crippen molar-refractivity contribution >= 4 is 38.9 Å². The van der Waals surface area contributed by atoms with Crippen LogP contribution in [0.3, 0.4) is 0 Å². The summed E-state index contributed by atoms with van der Waals surface area (Å²) in [5.74, 6) is -0.0610. The number of carbonyl (C=O) groups is 1. The zero-order valence-corrected chi connectivity index (χ0v) is 9.60. The van der Waals surface area contributed by atoms with Crippen LogP contribution in [0.4, 0.5) is 0 Å². The maximum atomic E-state index is 11.6. The van der Waals surface area contributed by atoms with Crippen molar-refractivity contribution in [3.8, 4) is 0 Å². The van der Waals surface area contributed by atoms with Gasteiger partial charge in [0.05, 0.1) is 21.1 Å². The van der Waals surface area contributed by atoms with Crippen LogP contribution in [-0.2, 0) is 0 Å². The van der Waals surface area contributed by atoms with Crippen LogP contribution in [0.2, 0.25) is 5.15 Å². The Morgan fingerprint density at radius 2 is 2.33 bits per heavy atom. The lowest BCUT2D eigenvalue weighted by atomic mass is 10.2. The number of halogens is 1. The number of pyridine rings is 1. The monoisotopic (exact) mass is 240 g/mol. The highest BCUT2D eigenvalue weighted by Gasteiger charge is 2.14. The predicted octanol–water partition coefficient (Wildman–Crippen LogP) is 2.48. The molecule has 0 aliphatic rings. The number of aromatic nitrogens is 1. The molecule has 0 aromatic carbocycles. The molecule has 1 unspecified atom stereocenters. The highest BCUT2D eigenvalue weighted by Crippen LogP contribution is 2.26. The number of hydrogen-bond acceptors (Lipinski definition) is 4. The van der Waals surface area contributed by atoms with Crippen molar-refractivity contribution in [2.24, 2.45) is 5.73 Å². The lowest BCUT2D eigenvalue weighted by Crippen LogP contribution is -2.25. The van der Waals surface area contributed by atoms with E-state index in [1.54, 1.807) is 19.1 Å². The first-order valence-electron chi connectivity index (χ1n) is 4.44. The zero-order chi connectivity index (χ0) is 11.0. The molecule has 2 rings (SSSR count). The van der Waals surface area contributed by atoms with E-state index >= 15 is 0 Å². The van der Waals surface area contributed by atoms with Gasteiger partial charge in [-0.05, 0) is 25.1 Å². The van der Waals surface area contributed by atoms with Gasteiger partial charge in [-0.2, -0.15) is 0 Å². The lowest BCUT2D eigenvalue weighted by molar-refractivity contribution is 0.0972. The van der Waals surface area contributed by atoms with Crippen molar-refractivity contribution < 1.29 is 4.79 Å². The zero-order valence-electron chi connectivity index (χ0n) is 8.03. The fourth-order valence-electron chi connectivity index (χ4n) is 1.24. The van der Waals surface area contributed by atoms with Crippen molar-refractivity contribution in [2.75, 3.05) is 0 Å². The number of carbonyl (C=O) groups excluding carboxylic acids is 1. The molecule has 2 heterocycles. The Kier molecular flexibility index (Phi) is 2.73. The summed E-state index contributed by atoms with van der Waals surface area (Å²) in [5.41, 5.74) is 6.28. The van der Waals surface area contributed by atoms with Gasteiger partial charge in [0.2, 0.25) is 0 Å². The van der Waals surface area contributed by atoms with Crippen LogP contribution in [0.15, 0.2) is 18.2 Å². The average Bonchev–Trinajstić information content (AvgIpc) is 2.58. The second-order valence-corrected chi connectivity index (χ2v) is 4.75. The molecule has 78 valence electrons. The van der Waals surface area contributed by atoms with Crippen LogP contribution >= 0.6 is 22.9 Å². The Hall–Kier alpha value is -0.970. The molecule has 2 aromatic heterocycles. The van der Waals surface area contributed by atoms with Crippen LogP contribution in [0, 0.1) is 0 Å². The van der Waals surface area contributed by atoms with Crippen molar-refractivity contribution in [2.45, 2.75) is 13.0 Å². The Morgan fingerprint density at radius 3 is 3.00 bits per heavy atom. The molecular weight excluding hydrogens is 232 g/mol. The Bertz CT molecular complexity index is 521. The van der Waals surface area contributed by atoms with E-state index in [0.29, 0.717) is 10.0 Å². The van der Waals surface area contributed by atoms with E-state index in [0.717, 1.165) is 10.2 Å². The number of rotatable bonds is 2. The van der Waals surface area contributed by atoms with Gasteiger partial charge in [-0.25, -0.2) is 4.98 Å². The summed E-state index contributed by atoms with van der Waals surface area (Å²) in [6.07, 6.45) is 0. The smallest absolute Gasteiger partial charge is 0.189 e. The first kappa shape index (κ1) is 10.5. The van der Waals surface area contributed by atoms with Gasteiger partial charge in [0.1, 0.15) is 5.15 Å². The number of nitrogens with zero attached hydrogens (tertiary/aromatic N) is 1. The minimum atomic E-state index is -0.478. The second-order valence-electron chi connectivity index (χ2n) is 3.28. The molecule has 0 saturated carbocycles. The molecular formula is C10H9ClN2OS. The first-order chi connectivity index (χ1) is 7.08. The van der Waals surface area contributed by atoms with E-state index < -0.39 is 6.04 Å². The van der Waals surface area contributed by atoms with Gasteiger partial charge in [-0.3, -0.25) is 4.79 Å². The summed E-state index contributed by atoms with van der Waals surface area (Å²) < 4.78 is 0.948. The molecule has 3 nitrogen and oxygen atoms in total. The van der Waals surface area contributed by atoms with Gasteiger partial charge in [-0.15, -0.1) is 11.3 Å². The molecule has 1 atom stereocenters. The minimum Gasteiger partial charge on any atom is -0.321 e. The number of hydrogen-bond donors (Lipinski definition) is 1. The molecule has 0 fully saturated rings. The van der Waals surface area contributed by atoms with Crippen LogP contribution in [0.1, 0.15) is 16.6 Å². The Balaban J connectivity index is 2.52. The number of thiophene rings is 1. The van der Waals surface area contributed by atoms with E-state index in [2.05, 4.69) is 4.98 Å². The standard InChI is InChI=1S/C10H9ClN2OS/c1-5(12)10(14)8-4-6-7(15-8)2-3-9(11)13-6/h2-5H,12H2,1H3. The third-order valence-electron chi connectivity index (χ3n) is 2.00. The number of nitrogens with two attached hydrogens (primary N) is 1. The average molecular weight is 241 g/mol. The van der Waals surface area contributed by atoms with Crippen molar-refractivity contribution in [1.29, 1.82) is 0 Å². The van der Waals surface area contributed by atoms with Gasteiger partial charge in [-0.1, -0.05) is 11.6 Å². The fraction of sp³-hybridized carbons (Fsp3) is 0.200. The highest BCUT2D eigenvalue weighted by molar-refractivity contribution is 7.20. The second kappa shape index (κ2) is 3.89. The Labute approximate surface area is 95.9 Å². The molecule has 0 radical (unpaired) electrons. The summed E-state index contributed by atoms with van der Waals surface area (Å²) in [4.78, 5) is 16.4. The molecule has 5 heteroatoms. The molecule has 2 N–H and O–H groups in total. The maximum absolute atomic E-state index is 11.6. The first-order valence-corrected chi connectivity index (χ1v) is 5.63. The molecule has 0 aliphatic heterocycles. The topological polar surface area (TPSA) is 56.0 Å². The number of Topliss-reactive ketones (excluding diaryl/α,β-unsaturated/α-hetero) is 1. The van der Waals surface area contributed by atoms with E-state index in [1.807, 2.05) is 6.07 Å². The largest absolute Gasteiger partial charge is 0.321 e. The third-order valence-corrected chi connectivity index (χ3v) is 3.31. The van der Waals surface area contributed by atoms with Gasteiger partial charge in [0, 0.05) is 0 Å².